The molecule has 1 heterocycles. The molecule has 16 heavy (non-hydrogen) atoms. The van der Waals surface area contributed by atoms with Crippen molar-refractivity contribution in [2.45, 2.75) is 50.9 Å². The van der Waals surface area contributed by atoms with Crippen LogP contribution in [0.5, 0.6) is 0 Å². The van der Waals surface area contributed by atoms with Crippen LogP contribution in [-0.2, 0) is 6.54 Å². The van der Waals surface area contributed by atoms with Gasteiger partial charge >= 0.3 is 0 Å². The molecular formula is C12H21N3S. The first-order valence-corrected chi connectivity index (χ1v) is 7.18. The lowest BCUT2D eigenvalue weighted by molar-refractivity contribution is 0.524. The van der Waals surface area contributed by atoms with Crippen molar-refractivity contribution in [2.24, 2.45) is 0 Å². The maximum absolute atomic E-state index is 4.04. The van der Waals surface area contributed by atoms with Crippen LogP contribution in [-0.4, -0.2) is 27.2 Å². The highest BCUT2D eigenvalue weighted by molar-refractivity contribution is 7.99. The molecule has 2 rings (SSSR count). The molecule has 0 radical (unpaired) electrons. The van der Waals surface area contributed by atoms with Gasteiger partial charge in [-0.2, -0.15) is 16.9 Å². The first-order chi connectivity index (χ1) is 7.79. The molecule has 2 N–H and O–H groups in total. The van der Waals surface area contributed by atoms with Crippen LogP contribution < -0.4 is 5.32 Å². The largest absolute Gasteiger partial charge is 0.310 e. The fraction of sp³-hybridized carbons (Fsp3) is 0.750. The average molecular weight is 239 g/mol. The summed E-state index contributed by atoms with van der Waals surface area (Å²) in [5.74, 6) is 1.25. The second-order valence-corrected chi connectivity index (χ2v) is 6.07. The summed E-state index contributed by atoms with van der Waals surface area (Å²) in [7, 11) is 0. The van der Waals surface area contributed by atoms with E-state index in [1.807, 2.05) is 6.20 Å². The third kappa shape index (κ3) is 3.01. The molecule has 0 saturated heterocycles. The number of aryl methyl sites for hydroxylation is 1. The minimum Gasteiger partial charge on any atom is -0.310 e. The molecule has 0 aliphatic heterocycles. The van der Waals surface area contributed by atoms with Crippen molar-refractivity contribution < 1.29 is 0 Å². The van der Waals surface area contributed by atoms with E-state index < -0.39 is 0 Å². The van der Waals surface area contributed by atoms with Crippen LogP contribution in [0.15, 0.2) is 6.20 Å². The van der Waals surface area contributed by atoms with Crippen LogP contribution in [0.3, 0.4) is 0 Å². The quantitative estimate of drug-likeness (QED) is 0.829. The van der Waals surface area contributed by atoms with E-state index in [4.69, 9.17) is 0 Å². The molecule has 1 fully saturated rings. The second-order valence-electron chi connectivity index (χ2n) is 4.49. The SMILES string of the molecule is CCSC1CCC(NCc2cn[nH]c2C)C1. The second kappa shape index (κ2) is 5.73. The van der Waals surface area contributed by atoms with Crippen molar-refractivity contribution in [3.05, 3.63) is 17.5 Å². The zero-order valence-electron chi connectivity index (χ0n) is 10.1. The van der Waals surface area contributed by atoms with Gasteiger partial charge in [0.1, 0.15) is 0 Å². The predicted octanol–water partition coefficient (Wildman–Crippen LogP) is 2.48. The molecule has 2 atom stereocenters. The maximum atomic E-state index is 4.04. The van der Waals surface area contributed by atoms with Gasteiger partial charge in [0.05, 0.1) is 6.20 Å². The fourth-order valence-corrected chi connectivity index (χ4v) is 3.46. The fourth-order valence-electron chi connectivity index (χ4n) is 2.32. The number of H-pyrrole nitrogens is 1. The number of hydrogen-bond donors (Lipinski definition) is 2. The normalized spacial score (nSPS) is 25.1. The zero-order chi connectivity index (χ0) is 11.4. The van der Waals surface area contributed by atoms with Crippen molar-refractivity contribution >= 4 is 11.8 Å². The molecule has 1 aliphatic rings. The van der Waals surface area contributed by atoms with E-state index in [1.165, 1.54) is 36.3 Å². The molecule has 1 aliphatic carbocycles. The van der Waals surface area contributed by atoms with Crippen LogP contribution in [0.4, 0.5) is 0 Å². The van der Waals surface area contributed by atoms with Gasteiger partial charge in [-0.3, -0.25) is 5.10 Å². The van der Waals surface area contributed by atoms with Crippen molar-refractivity contribution in [1.82, 2.24) is 15.5 Å². The van der Waals surface area contributed by atoms with Crippen molar-refractivity contribution in [1.29, 1.82) is 0 Å². The molecule has 1 aromatic heterocycles. The molecule has 2 unspecified atom stereocenters. The molecule has 1 saturated carbocycles. The summed E-state index contributed by atoms with van der Waals surface area (Å²) in [6.45, 7) is 5.28. The van der Waals surface area contributed by atoms with Crippen LogP contribution in [0.25, 0.3) is 0 Å². The van der Waals surface area contributed by atoms with E-state index in [0.717, 1.165) is 11.8 Å². The number of thioether (sulfide) groups is 1. The Morgan fingerprint density at radius 3 is 3.12 bits per heavy atom. The zero-order valence-corrected chi connectivity index (χ0v) is 10.9. The highest BCUT2D eigenvalue weighted by Gasteiger charge is 2.23. The molecule has 0 bridgehead atoms. The molecule has 90 valence electrons. The summed E-state index contributed by atoms with van der Waals surface area (Å²) < 4.78 is 0. The van der Waals surface area contributed by atoms with E-state index >= 15 is 0 Å². The van der Waals surface area contributed by atoms with Gasteiger partial charge in [-0.15, -0.1) is 0 Å². The first kappa shape index (κ1) is 12.0. The minimum absolute atomic E-state index is 0.707. The summed E-state index contributed by atoms with van der Waals surface area (Å²) in [6, 6.07) is 0.707. The number of aromatic nitrogens is 2. The number of hydrogen-bond acceptors (Lipinski definition) is 3. The van der Waals surface area contributed by atoms with Crippen LogP contribution in [0.2, 0.25) is 0 Å². The standard InChI is InChI=1S/C12H21N3S/c1-3-16-12-5-4-11(6-12)13-7-10-8-14-15-9(10)2/h8,11-13H,3-7H2,1-2H3,(H,14,15). The Kier molecular flexibility index (Phi) is 4.29. The molecule has 0 spiro atoms. The lowest BCUT2D eigenvalue weighted by atomic mass is 10.2. The number of nitrogens with zero attached hydrogens (tertiary/aromatic N) is 1. The van der Waals surface area contributed by atoms with Gasteiger partial charge in [-0.25, -0.2) is 0 Å². The van der Waals surface area contributed by atoms with E-state index in [0.29, 0.717) is 6.04 Å². The molecular weight excluding hydrogens is 218 g/mol. The Bertz CT molecular complexity index is 324. The minimum atomic E-state index is 0.707. The van der Waals surface area contributed by atoms with Crippen LogP contribution in [0.1, 0.15) is 37.4 Å². The van der Waals surface area contributed by atoms with Gasteiger partial charge in [0.25, 0.3) is 0 Å². The summed E-state index contributed by atoms with van der Waals surface area (Å²) in [5.41, 5.74) is 2.48. The van der Waals surface area contributed by atoms with Crippen molar-refractivity contribution in [2.75, 3.05) is 5.75 Å². The first-order valence-electron chi connectivity index (χ1n) is 6.13. The monoisotopic (exact) mass is 239 g/mol. The van der Waals surface area contributed by atoms with E-state index in [1.54, 1.807) is 0 Å². The Morgan fingerprint density at radius 1 is 1.56 bits per heavy atom. The number of rotatable bonds is 5. The third-order valence-corrected chi connectivity index (χ3v) is 4.54. The molecule has 0 aromatic carbocycles. The van der Waals surface area contributed by atoms with Crippen LogP contribution >= 0.6 is 11.8 Å². The molecule has 3 nitrogen and oxygen atoms in total. The average Bonchev–Trinajstić information content (AvgIpc) is 2.86. The Labute approximate surface area is 102 Å². The van der Waals surface area contributed by atoms with Crippen molar-refractivity contribution in [3.63, 3.8) is 0 Å². The Hall–Kier alpha value is -0.480. The Morgan fingerprint density at radius 2 is 2.44 bits per heavy atom. The molecule has 1 aromatic rings. The highest BCUT2D eigenvalue weighted by atomic mass is 32.2. The summed E-state index contributed by atoms with van der Waals surface area (Å²) in [4.78, 5) is 0. The Balaban J connectivity index is 1.74. The summed E-state index contributed by atoms with van der Waals surface area (Å²) in [6.07, 6.45) is 5.96. The van der Waals surface area contributed by atoms with Gasteiger partial charge < -0.3 is 5.32 Å². The smallest absolute Gasteiger partial charge is 0.0535 e. The topological polar surface area (TPSA) is 40.7 Å². The van der Waals surface area contributed by atoms with Gasteiger partial charge in [0.2, 0.25) is 0 Å². The number of aromatic amines is 1. The lowest BCUT2D eigenvalue weighted by Gasteiger charge is -2.12. The highest BCUT2D eigenvalue weighted by Crippen LogP contribution is 2.29. The van der Waals surface area contributed by atoms with Gasteiger partial charge in [0.15, 0.2) is 0 Å². The summed E-state index contributed by atoms with van der Waals surface area (Å²) in [5, 5.41) is 11.5. The maximum Gasteiger partial charge on any atom is 0.0535 e. The number of nitrogens with one attached hydrogen (secondary N) is 2. The van der Waals surface area contributed by atoms with Crippen LogP contribution in [0, 0.1) is 6.92 Å². The molecule has 0 amide bonds. The van der Waals surface area contributed by atoms with E-state index in [2.05, 4.69) is 41.1 Å². The van der Waals surface area contributed by atoms with E-state index in [-0.39, 0.29) is 0 Å². The molecule has 4 heteroatoms. The van der Waals surface area contributed by atoms with Gasteiger partial charge in [-0.1, -0.05) is 6.92 Å². The van der Waals surface area contributed by atoms with Crippen molar-refractivity contribution in [3.8, 4) is 0 Å². The van der Waals surface area contributed by atoms with E-state index in [9.17, 15) is 0 Å². The van der Waals surface area contributed by atoms with Gasteiger partial charge in [-0.05, 0) is 31.9 Å². The predicted molar refractivity (Wildman–Crippen MR) is 69.7 cm³/mol. The lowest BCUT2D eigenvalue weighted by Crippen LogP contribution is -2.26. The summed E-state index contributed by atoms with van der Waals surface area (Å²) >= 11 is 2.11. The van der Waals surface area contributed by atoms with Gasteiger partial charge in [0, 0.05) is 29.1 Å². The third-order valence-electron chi connectivity index (χ3n) is 3.30.